The van der Waals surface area contributed by atoms with E-state index in [4.69, 9.17) is 0 Å². The third-order valence-corrected chi connectivity index (χ3v) is 3.99. The van der Waals surface area contributed by atoms with E-state index >= 15 is 0 Å². The zero-order valence-electron chi connectivity index (χ0n) is 10.7. The molecule has 0 aliphatic heterocycles. The van der Waals surface area contributed by atoms with Crippen LogP contribution in [0.25, 0.3) is 0 Å². The quantitative estimate of drug-likeness (QED) is 0.684. The molecule has 0 aromatic rings. The first-order valence-electron chi connectivity index (χ1n) is 6.45. The van der Waals surface area contributed by atoms with Gasteiger partial charge >= 0.3 is 0 Å². The molecule has 2 aliphatic carbocycles. The fraction of sp³-hybridized carbons (Fsp3) is 0.600. The van der Waals surface area contributed by atoms with Crippen LogP contribution in [-0.4, -0.2) is 11.6 Å². The number of hydrogen-bond acceptors (Lipinski definition) is 2. The molecule has 0 N–H and O–H groups in total. The molecule has 2 nitrogen and oxygen atoms in total. The highest BCUT2D eigenvalue weighted by atomic mass is 16.1. The van der Waals surface area contributed by atoms with Gasteiger partial charge in [0.15, 0.2) is 5.78 Å². The largest absolute Gasteiger partial charge is 0.299 e. The number of carbonyl (C=O) groups is 2. The van der Waals surface area contributed by atoms with Gasteiger partial charge in [0, 0.05) is 12.8 Å². The lowest BCUT2D eigenvalue weighted by Gasteiger charge is -2.40. The predicted molar refractivity (Wildman–Crippen MR) is 67.7 cm³/mol. The van der Waals surface area contributed by atoms with E-state index in [1.165, 1.54) is 5.57 Å². The summed E-state index contributed by atoms with van der Waals surface area (Å²) in [5.74, 6) is 0.544. The molecule has 0 heterocycles. The molecule has 0 aromatic carbocycles. The van der Waals surface area contributed by atoms with Crippen molar-refractivity contribution in [2.24, 2.45) is 5.41 Å². The first-order chi connectivity index (χ1) is 8.04. The van der Waals surface area contributed by atoms with E-state index in [-0.39, 0.29) is 11.2 Å². The summed E-state index contributed by atoms with van der Waals surface area (Å²) in [6.45, 7) is 4.11. The Labute approximate surface area is 103 Å². The Morgan fingerprint density at radius 2 is 2.06 bits per heavy atom. The fourth-order valence-electron chi connectivity index (χ4n) is 2.94. The highest BCUT2D eigenvalue weighted by Gasteiger charge is 2.44. The SMILES string of the molecule is CC(C)=CC[C@@]12CCC(=O)C=C1CCCC2=O. The molecule has 17 heavy (non-hydrogen) atoms. The van der Waals surface area contributed by atoms with Crippen molar-refractivity contribution in [3.8, 4) is 0 Å². The fourth-order valence-corrected chi connectivity index (χ4v) is 2.94. The Hall–Kier alpha value is -1.18. The number of hydrogen-bond donors (Lipinski definition) is 0. The van der Waals surface area contributed by atoms with Crippen molar-refractivity contribution < 1.29 is 9.59 Å². The first kappa shape index (κ1) is 12.3. The summed E-state index contributed by atoms with van der Waals surface area (Å²) in [6, 6.07) is 0. The maximum absolute atomic E-state index is 12.3. The number of Topliss-reactive ketones (excluding diaryl/α,β-unsaturated/α-hetero) is 1. The Morgan fingerprint density at radius 1 is 1.29 bits per heavy atom. The van der Waals surface area contributed by atoms with Gasteiger partial charge in [-0.15, -0.1) is 0 Å². The number of carbonyl (C=O) groups excluding carboxylic acids is 2. The van der Waals surface area contributed by atoms with Crippen LogP contribution in [0.2, 0.25) is 0 Å². The Bertz CT molecular complexity index is 411. The summed E-state index contributed by atoms with van der Waals surface area (Å²) in [6.07, 6.45) is 8.45. The molecule has 1 atom stereocenters. The predicted octanol–water partition coefficient (Wildman–Crippen LogP) is 3.37. The average molecular weight is 232 g/mol. The second-order valence-electron chi connectivity index (χ2n) is 5.48. The number of rotatable bonds is 2. The van der Waals surface area contributed by atoms with E-state index in [9.17, 15) is 9.59 Å². The lowest BCUT2D eigenvalue weighted by Crippen LogP contribution is -2.39. The van der Waals surface area contributed by atoms with Gasteiger partial charge in [-0.3, -0.25) is 9.59 Å². The van der Waals surface area contributed by atoms with Gasteiger partial charge < -0.3 is 0 Å². The highest BCUT2D eigenvalue weighted by Crippen LogP contribution is 2.47. The topological polar surface area (TPSA) is 34.1 Å². The minimum absolute atomic E-state index is 0.197. The zero-order chi connectivity index (χ0) is 12.5. The second kappa shape index (κ2) is 4.59. The minimum Gasteiger partial charge on any atom is -0.299 e. The summed E-state index contributed by atoms with van der Waals surface area (Å²) >= 11 is 0. The zero-order valence-corrected chi connectivity index (χ0v) is 10.7. The summed E-state index contributed by atoms with van der Waals surface area (Å²) < 4.78 is 0. The summed E-state index contributed by atoms with van der Waals surface area (Å²) in [7, 11) is 0. The van der Waals surface area contributed by atoms with Gasteiger partial charge in [0.2, 0.25) is 0 Å². The van der Waals surface area contributed by atoms with Gasteiger partial charge in [0.05, 0.1) is 5.41 Å². The number of allylic oxidation sites excluding steroid dienone is 4. The average Bonchev–Trinajstić information content (AvgIpc) is 2.27. The van der Waals surface area contributed by atoms with Gasteiger partial charge in [-0.1, -0.05) is 17.2 Å². The summed E-state index contributed by atoms with van der Waals surface area (Å²) in [4.78, 5) is 23.8. The number of ketones is 2. The molecular formula is C15H20O2. The van der Waals surface area contributed by atoms with Crippen LogP contribution in [0.1, 0.15) is 52.4 Å². The van der Waals surface area contributed by atoms with Crippen LogP contribution in [0.4, 0.5) is 0 Å². The van der Waals surface area contributed by atoms with E-state index in [2.05, 4.69) is 19.9 Å². The van der Waals surface area contributed by atoms with Crippen LogP contribution < -0.4 is 0 Å². The van der Waals surface area contributed by atoms with Crippen molar-refractivity contribution in [3.05, 3.63) is 23.3 Å². The Morgan fingerprint density at radius 3 is 2.76 bits per heavy atom. The molecule has 0 saturated heterocycles. The molecule has 0 radical (unpaired) electrons. The molecular weight excluding hydrogens is 212 g/mol. The monoisotopic (exact) mass is 232 g/mol. The van der Waals surface area contributed by atoms with Crippen molar-refractivity contribution in [2.45, 2.75) is 52.4 Å². The maximum Gasteiger partial charge on any atom is 0.155 e. The van der Waals surface area contributed by atoms with Crippen LogP contribution in [0.5, 0.6) is 0 Å². The normalized spacial score (nSPS) is 28.5. The second-order valence-corrected chi connectivity index (χ2v) is 5.48. The Kier molecular flexibility index (Phi) is 3.32. The third kappa shape index (κ3) is 2.26. The molecule has 0 amide bonds. The van der Waals surface area contributed by atoms with E-state index in [1.807, 2.05) is 0 Å². The molecule has 2 heteroatoms. The molecule has 0 aromatic heterocycles. The van der Waals surface area contributed by atoms with Gasteiger partial charge in [0.25, 0.3) is 0 Å². The van der Waals surface area contributed by atoms with Crippen molar-refractivity contribution in [1.29, 1.82) is 0 Å². The summed E-state index contributed by atoms with van der Waals surface area (Å²) in [5, 5.41) is 0. The molecule has 0 unspecified atom stereocenters. The molecule has 92 valence electrons. The smallest absolute Gasteiger partial charge is 0.155 e. The van der Waals surface area contributed by atoms with Gasteiger partial charge in [-0.05, 0) is 45.6 Å². The molecule has 1 saturated carbocycles. The van der Waals surface area contributed by atoms with Gasteiger partial charge in [-0.2, -0.15) is 0 Å². The van der Waals surface area contributed by atoms with E-state index < -0.39 is 0 Å². The molecule has 0 spiro atoms. The van der Waals surface area contributed by atoms with Gasteiger partial charge in [0.1, 0.15) is 5.78 Å². The molecule has 0 bridgehead atoms. The molecule has 2 aliphatic rings. The lowest BCUT2D eigenvalue weighted by atomic mass is 9.62. The van der Waals surface area contributed by atoms with Crippen molar-refractivity contribution in [1.82, 2.24) is 0 Å². The van der Waals surface area contributed by atoms with Crippen LogP contribution in [0.15, 0.2) is 23.3 Å². The Balaban J connectivity index is 2.36. The van der Waals surface area contributed by atoms with Crippen LogP contribution in [-0.2, 0) is 9.59 Å². The summed E-state index contributed by atoms with van der Waals surface area (Å²) in [5.41, 5.74) is 2.01. The van der Waals surface area contributed by atoms with Crippen LogP contribution >= 0.6 is 0 Å². The minimum atomic E-state index is -0.330. The first-order valence-corrected chi connectivity index (χ1v) is 6.45. The van der Waals surface area contributed by atoms with Crippen molar-refractivity contribution >= 4 is 11.6 Å². The highest BCUT2D eigenvalue weighted by molar-refractivity contribution is 5.98. The number of fused-ring (bicyclic) bond motifs is 1. The van der Waals surface area contributed by atoms with E-state index in [0.29, 0.717) is 18.6 Å². The molecule has 2 rings (SSSR count). The molecule has 1 fully saturated rings. The van der Waals surface area contributed by atoms with Crippen LogP contribution in [0, 0.1) is 5.41 Å². The standard InChI is InChI=1S/C15H20O2/c1-11(2)6-8-15-9-7-13(16)10-12(15)4-3-5-14(15)17/h6,10H,3-5,7-9H2,1-2H3/t15-/m1/s1. The van der Waals surface area contributed by atoms with Crippen molar-refractivity contribution in [3.63, 3.8) is 0 Å². The maximum atomic E-state index is 12.3. The van der Waals surface area contributed by atoms with Gasteiger partial charge in [-0.25, -0.2) is 0 Å². The van der Waals surface area contributed by atoms with Crippen LogP contribution in [0.3, 0.4) is 0 Å². The van der Waals surface area contributed by atoms with Crippen molar-refractivity contribution in [2.75, 3.05) is 0 Å². The van der Waals surface area contributed by atoms with E-state index in [0.717, 1.165) is 31.3 Å². The third-order valence-electron chi connectivity index (χ3n) is 3.99. The lowest BCUT2D eigenvalue weighted by molar-refractivity contribution is -0.129. The van der Waals surface area contributed by atoms with E-state index in [1.54, 1.807) is 6.08 Å².